The normalized spacial score (nSPS) is 12.7. The molecule has 0 fully saturated rings. The van der Waals surface area contributed by atoms with Crippen molar-refractivity contribution < 1.29 is 14.3 Å². The van der Waals surface area contributed by atoms with Gasteiger partial charge in [-0.15, -0.1) is 0 Å². The van der Waals surface area contributed by atoms with Crippen LogP contribution in [0.3, 0.4) is 0 Å². The molecule has 118 valence electrons. The number of benzene rings is 1. The molecular weight excluding hydrogens is 268 g/mol. The van der Waals surface area contributed by atoms with Crippen LogP contribution in [0.4, 0.5) is 0 Å². The fourth-order valence-corrected chi connectivity index (χ4v) is 1.75. The lowest BCUT2D eigenvalue weighted by Gasteiger charge is -2.30. The Morgan fingerprint density at radius 1 is 1.29 bits per heavy atom. The van der Waals surface area contributed by atoms with Gasteiger partial charge in [-0.3, -0.25) is 4.79 Å². The summed E-state index contributed by atoms with van der Waals surface area (Å²) in [5.41, 5.74) is 5.72. The maximum absolute atomic E-state index is 12.2. The summed E-state index contributed by atoms with van der Waals surface area (Å²) in [6, 6.07) is 6.90. The quantitative estimate of drug-likeness (QED) is 0.870. The van der Waals surface area contributed by atoms with Crippen LogP contribution < -0.4 is 15.2 Å². The minimum Gasteiger partial charge on any atom is -0.493 e. The Labute approximate surface area is 127 Å². The third kappa shape index (κ3) is 4.93. The van der Waals surface area contributed by atoms with Gasteiger partial charge in [-0.05, 0) is 17.5 Å². The van der Waals surface area contributed by atoms with E-state index in [4.69, 9.17) is 15.2 Å². The van der Waals surface area contributed by atoms with Gasteiger partial charge in [0.2, 0.25) is 5.91 Å². The Kier molecular flexibility index (Phi) is 6.03. The molecule has 0 heterocycles. The summed E-state index contributed by atoms with van der Waals surface area (Å²) in [5, 5.41) is 0. The molecule has 0 saturated carbocycles. The number of nitrogens with zero attached hydrogens (tertiary/aromatic N) is 1. The second-order valence-electron chi connectivity index (χ2n) is 6.10. The molecule has 1 rings (SSSR count). The van der Waals surface area contributed by atoms with Crippen LogP contribution in [0.1, 0.15) is 20.8 Å². The number of nitrogens with two attached hydrogens (primary N) is 1. The first kappa shape index (κ1) is 17.3. The number of carbonyl (C=O) groups excluding carboxylic acids is 1. The second-order valence-corrected chi connectivity index (χ2v) is 6.10. The Bertz CT molecular complexity index is 469. The van der Waals surface area contributed by atoms with Crippen LogP contribution in [0.2, 0.25) is 0 Å². The maximum Gasteiger partial charge on any atom is 0.239 e. The van der Waals surface area contributed by atoms with E-state index in [9.17, 15) is 4.79 Å². The number of carbonyl (C=O) groups is 1. The van der Waals surface area contributed by atoms with E-state index in [1.807, 2.05) is 45.0 Å². The molecule has 0 spiro atoms. The van der Waals surface area contributed by atoms with E-state index in [1.54, 1.807) is 19.1 Å². The van der Waals surface area contributed by atoms with E-state index in [0.29, 0.717) is 24.7 Å². The minimum absolute atomic E-state index is 0.0777. The molecule has 0 aliphatic carbocycles. The van der Waals surface area contributed by atoms with Gasteiger partial charge >= 0.3 is 0 Å². The number of hydrogen-bond donors (Lipinski definition) is 1. The molecule has 1 atom stereocenters. The Morgan fingerprint density at radius 2 is 1.86 bits per heavy atom. The predicted molar refractivity (Wildman–Crippen MR) is 83.6 cm³/mol. The third-order valence-electron chi connectivity index (χ3n) is 3.33. The summed E-state index contributed by atoms with van der Waals surface area (Å²) in [6.45, 7) is 6.72. The van der Waals surface area contributed by atoms with Crippen molar-refractivity contribution in [2.24, 2.45) is 11.1 Å². The lowest BCUT2D eigenvalue weighted by atomic mass is 9.86. The van der Waals surface area contributed by atoms with Gasteiger partial charge in [-0.25, -0.2) is 0 Å². The van der Waals surface area contributed by atoms with Crippen molar-refractivity contribution in [3.8, 4) is 11.5 Å². The average Bonchev–Trinajstić information content (AvgIpc) is 2.45. The van der Waals surface area contributed by atoms with Gasteiger partial charge in [-0.1, -0.05) is 32.9 Å². The third-order valence-corrected chi connectivity index (χ3v) is 3.33. The zero-order valence-corrected chi connectivity index (χ0v) is 13.6. The number of hydrogen-bond acceptors (Lipinski definition) is 4. The summed E-state index contributed by atoms with van der Waals surface area (Å²) in [4.78, 5) is 13.8. The summed E-state index contributed by atoms with van der Waals surface area (Å²) in [6.07, 6.45) is 0. The first-order chi connectivity index (χ1) is 9.77. The molecular formula is C16H26N2O3. The fraction of sp³-hybridized carbons (Fsp3) is 0.562. The highest BCUT2D eigenvalue weighted by atomic mass is 16.5. The number of amides is 1. The van der Waals surface area contributed by atoms with Crippen molar-refractivity contribution in [1.82, 2.24) is 4.90 Å². The SMILES string of the molecule is COc1ccccc1OCCN(C)C(=O)[C@@H](N)C(C)(C)C. The van der Waals surface area contributed by atoms with Crippen molar-refractivity contribution in [2.75, 3.05) is 27.3 Å². The number of ether oxygens (including phenoxy) is 2. The highest BCUT2D eigenvalue weighted by Crippen LogP contribution is 2.25. The molecule has 1 aromatic carbocycles. The lowest BCUT2D eigenvalue weighted by molar-refractivity contribution is -0.133. The van der Waals surface area contributed by atoms with Crippen molar-refractivity contribution in [1.29, 1.82) is 0 Å². The Hall–Kier alpha value is -1.75. The average molecular weight is 294 g/mol. The Balaban J connectivity index is 2.50. The largest absolute Gasteiger partial charge is 0.493 e. The van der Waals surface area contributed by atoms with Crippen molar-refractivity contribution >= 4 is 5.91 Å². The topological polar surface area (TPSA) is 64.8 Å². The lowest BCUT2D eigenvalue weighted by Crippen LogP contribution is -2.49. The molecule has 1 aromatic rings. The zero-order chi connectivity index (χ0) is 16.0. The smallest absolute Gasteiger partial charge is 0.239 e. The van der Waals surface area contributed by atoms with Crippen molar-refractivity contribution in [3.63, 3.8) is 0 Å². The summed E-state index contributed by atoms with van der Waals surface area (Å²) >= 11 is 0. The molecule has 0 radical (unpaired) electrons. The predicted octanol–water partition coefficient (Wildman–Crippen LogP) is 1.91. The first-order valence-electron chi connectivity index (χ1n) is 7.03. The molecule has 21 heavy (non-hydrogen) atoms. The van der Waals surface area contributed by atoms with Gasteiger partial charge < -0.3 is 20.1 Å². The monoisotopic (exact) mass is 294 g/mol. The van der Waals surface area contributed by atoms with E-state index >= 15 is 0 Å². The van der Waals surface area contributed by atoms with Crippen LogP contribution in [0, 0.1) is 5.41 Å². The molecule has 0 bridgehead atoms. The highest BCUT2D eigenvalue weighted by Gasteiger charge is 2.29. The van der Waals surface area contributed by atoms with Crippen LogP contribution >= 0.6 is 0 Å². The van der Waals surface area contributed by atoms with Crippen LogP contribution in [0.5, 0.6) is 11.5 Å². The molecule has 5 heteroatoms. The van der Waals surface area contributed by atoms with Gasteiger partial charge in [0.1, 0.15) is 6.61 Å². The van der Waals surface area contributed by atoms with Gasteiger partial charge in [0.15, 0.2) is 11.5 Å². The van der Waals surface area contributed by atoms with Crippen LogP contribution in [-0.4, -0.2) is 44.2 Å². The fourth-order valence-electron chi connectivity index (χ4n) is 1.75. The highest BCUT2D eigenvalue weighted by molar-refractivity contribution is 5.82. The number of likely N-dealkylation sites (N-methyl/N-ethyl adjacent to an activating group) is 1. The zero-order valence-electron chi connectivity index (χ0n) is 13.6. The number of methoxy groups -OCH3 is 1. The minimum atomic E-state index is -0.520. The maximum atomic E-state index is 12.2. The van der Waals surface area contributed by atoms with Crippen LogP contribution in [-0.2, 0) is 4.79 Å². The molecule has 5 nitrogen and oxygen atoms in total. The van der Waals surface area contributed by atoms with Crippen LogP contribution in [0.25, 0.3) is 0 Å². The summed E-state index contributed by atoms with van der Waals surface area (Å²) < 4.78 is 10.9. The first-order valence-corrected chi connectivity index (χ1v) is 7.03. The molecule has 0 saturated heterocycles. The van der Waals surface area contributed by atoms with E-state index in [2.05, 4.69) is 0 Å². The Morgan fingerprint density at radius 3 is 2.38 bits per heavy atom. The number of para-hydroxylation sites is 2. The molecule has 0 unspecified atom stereocenters. The standard InChI is InChI=1S/C16H26N2O3/c1-16(2,3)14(17)15(19)18(4)10-11-21-13-9-7-6-8-12(13)20-5/h6-9,14H,10-11,17H2,1-5H3/t14-/m1/s1. The van der Waals surface area contributed by atoms with Gasteiger partial charge in [0, 0.05) is 7.05 Å². The van der Waals surface area contributed by atoms with Crippen molar-refractivity contribution in [3.05, 3.63) is 24.3 Å². The molecule has 0 aromatic heterocycles. The second kappa shape index (κ2) is 7.31. The van der Waals surface area contributed by atoms with Crippen molar-refractivity contribution in [2.45, 2.75) is 26.8 Å². The summed E-state index contributed by atoms with van der Waals surface area (Å²) in [7, 11) is 3.33. The molecule has 2 N–H and O–H groups in total. The van der Waals surface area contributed by atoms with E-state index < -0.39 is 6.04 Å². The van der Waals surface area contributed by atoms with E-state index in [-0.39, 0.29) is 11.3 Å². The molecule has 0 aliphatic heterocycles. The van der Waals surface area contributed by atoms with E-state index in [0.717, 1.165) is 0 Å². The number of rotatable bonds is 6. The molecule has 0 aliphatic rings. The van der Waals surface area contributed by atoms with E-state index in [1.165, 1.54) is 0 Å². The van der Waals surface area contributed by atoms with Gasteiger partial charge in [-0.2, -0.15) is 0 Å². The molecule has 1 amide bonds. The van der Waals surface area contributed by atoms with Gasteiger partial charge in [0.25, 0.3) is 0 Å². The van der Waals surface area contributed by atoms with Crippen LogP contribution in [0.15, 0.2) is 24.3 Å². The summed E-state index contributed by atoms with van der Waals surface area (Å²) in [5.74, 6) is 1.27. The van der Waals surface area contributed by atoms with Gasteiger partial charge in [0.05, 0.1) is 19.7 Å².